The first-order chi connectivity index (χ1) is 11.1. The fourth-order valence-electron chi connectivity index (χ4n) is 2.80. The van der Waals surface area contributed by atoms with Crippen LogP contribution >= 0.6 is 0 Å². The minimum atomic E-state index is -3.78. The Balaban J connectivity index is 2.13. The number of hydrogen-bond acceptors (Lipinski definition) is 4. The molecule has 5 nitrogen and oxygen atoms in total. The Kier molecular flexibility index (Phi) is 3.79. The van der Waals surface area contributed by atoms with Crippen molar-refractivity contribution in [3.05, 3.63) is 47.3 Å². The molecule has 1 unspecified atom stereocenters. The van der Waals surface area contributed by atoms with E-state index in [2.05, 4.69) is 31.1 Å². The molecule has 0 amide bonds. The molecule has 1 aliphatic heterocycles. The van der Waals surface area contributed by atoms with Crippen LogP contribution in [0.2, 0.25) is 0 Å². The van der Waals surface area contributed by atoms with Gasteiger partial charge in [-0.15, -0.1) is 0 Å². The predicted octanol–water partition coefficient (Wildman–Crippen LogP) is 2.94. The summed E-state index contributed by atoms with van der Waals surface area (Å²) < 4.78 is 40.8. The van der Waals surface area contributed by atoms with Gasteiger partial charge in [0, 0.05) is 18.7 Å². The fraction of sp³-hybridized carbons (Fsp3) is 0.353. The molecule has 0 bridgehead atoms. The van der Waals surface area contributed by atoms with Gasteiger partial charge < -0.3 is 9.88 Å². The van der Waals surface area contributed by atoms with Gasteiger partial charge in [0.15, 0.2) is 6.30 Å². The lowest BCUT2D eigenvalue weighted by Gasteiger charge is -2.17. The average Bonchev–Trinajstić information content (AvgIpc) is 2.84. The van der Waals surface area contributed by atoms with E-state index in [1.807, 2.05) is 11.6 Å². The normalized spacial score (nSPS) is 18.5. The van der Waals surface area contributed by atoms with Crippen LogP contribution in [0.1, 0.15) is 26.6 Å². The quantitative estimate of drug-likeness (QED) is 0.847. The summed E-state index contributed by atoms with van der Waals surface area (Å²) in [5.74, 6) is 0.872. The van der Waals surface area contributed by atoms with E-state index in [0.717, 1.165) is 17.4 Å². The minimum absolute atomic E-state index is 0.0555. The Bertz CT molecular complexity index is 966. The zero-order valence-corrected chi connectivity index (χ0v) is 14.9. The first kappa shape index (κ1) is 16.7. The van der Waals surface area contributed by atoms with Crippen LogP contribution in [0.15, 0.2) is 46.4 Å². The van der Waals surface area contributed by atoms with Gasteiger partial charge >= 0.3 is 0 Å². The fourth-order valence-corrected chi connectivity index (χ4v) is 4.13. The number of fused-ring (bicyclic) bond motifs is 1. The number of aromatic nitrogens is 2. The van der Waals surface area contributed by atoms with Gasteiger partial charge in [0.05, 0.1) is 20.8 Å². The molecule has 0 saturated carbocycles. The van der Waals surface area contributed by atoms with E-state index in [1.165, 1.54) is 18.3 Å². The lowest BCUT2D eigenvalue weighted by molar-refractivity contribution is 0.364. The van der Waals surface area contributed by atoms with Crippen LogP contribution in [-0.2, 0) is 22.3 Å². The van der Waals surface area contributed by atoms with Crippen molar-refractivity contribution in [2.75, 3.05) is 0 Å². The van der Waals surface area contributed by atoms with E-state index >= 15 is 0 Å². The van der Waals surface area contributed by atoms with Gasteiger partial charge in [-0.3, -0.25) is 0 Å². The second-order valence-corrected chi connectivity index (χ2v) is 8.82. The van der Waals surface area contributed by atoms with E-state index in [-0.39, 0.29) is 15.2 Å². The lowest BCUT2D eigenvalue weighted by atomic mass is 9.96. The molecule has 7 heteroatoms. The standard InChI is InChI=1S/C17H20FN3O2S/c1-17(2,3)16-20-13-9-11(5-6-14(13)21(16)4)24(22,23)12-7-8-19-15(18)10-12/h5-10,15,19H,1-4H3. The molecule has 3 rings (SSSR count). The van der Waals surface area contributed by atoms with Crippen molar-refractivity contribution in [2.45, 2.75) is 37.4 Å². The summed E-state index contributed by atoms with van der Waals surface area (Å²) in [4.78, 5) is 4.65. The number of rotatable bonds is 2. The molecular formula is C17H20FN3O2S. The number of allylic oxidation sites excluding steroid dienone is 1. The van der Waals surface area contributed by atoms with Gasteiger partial charge in [0.1, 0.15) is 5.82 Å². The Morgan fingerprint density at radius 3 is 2.62 bits per heavy atom. The molecule has 128 valence electrons. The summed E-state index contributed by atoms with van der Waals surface area (Å²) in [7, 11) is -1.87. The van der Waals surface area contributed by atoms with Gasteiger partial charge in [-0.1, -0.05) is 20.8 Å². The monoisotopic (exact) mass is 349 g/mol. The molecule has 0 saturated heterocycles. The highest BCUT2D eigenvalue weighted by molar-refractivity contribution is 7.95. The molecular weight excluding hydrogens is 329 g/mol. The van der Waals surface area contributed by atoms with E-state index in [4.69, 9.17) is 0 Å². The molecule has 2 heterocycles. The minimum Gasteiger partial charge on any atom is -0.359 e. The predicted molar refractivity (Wildman–Crippen MR) is 91.9 cm³/mol. The second kappa shape index (κ2) is 5.44. The van der Waals surface area contributed by atoms with Gasteiger partial charge in [0.25, 0.3) is 0 Å². The highest BCUT2D eigenvalue weighted by Gasteiger charge is 2.25. The third-order valence-corrected chi connectivity index (χ3v) is 5.72. The van der Waals surface area contributed by atoms with Crippen LogP contribution in [0.4, 0.5) is 4.39 Å². The zero-order valence-electron chi connectivity index (χ0n) is 14.0. The third kappa shape index (κ3) is 2.73. The summed E-state index contributed by atoms with van der Waals surface area (Å²) >= 11 is 0. The summed E-state index contributed by atoms with van der Waals surface area (Å²) in [6.07, 6.45) is 2.20. The molecule has 0 radical (unpaired) electrons. The zero-order chi connectivity index (χ0) is 17.7. The maximum atomic E-state index is 13.4. The van der Waals surface area contributed by atoms with Crippen molar-refractivity contribution >= 4 is 20.9 Å². The summed E-state index contributed by atoms with van der Waals surface area (Å²) in [5, 5.41) is 2.39. The number of alkyl halides is 1. The number of nitrogens with zero attached hydrogens (tertiary/aromatic N) is 2. The Labute approximate surface area is 140 Å². The van der Waals surface area contributed by atoms with E-state index in [0.29, 0.717) is 5.52 Å². The van der Waals surface area contributed by atoms with Crippen LogP contribution in [0.5, 0.6) is 0 Å². The van der Waals surface area contributed by atoms with Crippen molar-refractivity contribution in [2.24, 2.45) is 7.05 Å². The van der Waals surface area contributed by atoms with Crippen LogP contribution in [0, 0.1) is 0 Å². The van der Waals surface area contributed by atoms with Crippen LogP contribution in [0.25, 0.3) is 11.0 Å². The number of aryl methyl sites for hydroxylation is 1. The highest BCUT2D eigenvalue weighted by Crippen LogP contribution is 2.29. The maximum absolute atomic E-state index is 13.4. The number of sulfone groups is 1. The molecule has 1 atom stereocenters. The number of dihydropyridines is 1. The van der Waals surface area contributed by atoms with Crippen LogP contribution < -0.4 is 5.32 Å². The molecule has 2 aromatic rings. The van der Waals surface area contributed by atoms with Crippen molar-refractivity contribution in [1.29, 1.82) is 0 Å². The Morgan fingerprint density at radius 2 is 2.00 bits per heavy atom. The summed E-state index contributed by atoms with van der Waals surface area (Å²) in [6, 6.07) is 4.82. The SMILES string of the molecule is Cn1c(C(C)(C)C)nc2cc(S(=O)(=O)C3=CC(F)NC=C3)ccc21. The van der Waals surface area contributed by atoms with E-state index in [1.54, 1.807) is 12.1 Å². The molecule has 1 aromatic carbocycles. The molecule has 0 fully saturated rings. The number of benzene rings is 1. The van der Waals surface area contributed by atoms with E-state index in [9.17, 15) is 12.8 Å². The van der Waals surface area contributed by atoms with E-state index < -0.39 is 16.1 Å². The summed E-state index contributed by atoms with van der Waals surface area (Å²) in [6.45, 7) is 6.16. The first-order valence-corrected chi connectivity index (χ1v) is 9.09. The number of imidazole rings is 1. The smallest absolute Gasteiger partial charge is 0.206 e. The Hall–Kier alpha value is -2.15. The molecule has 1 N–H and O–H groups in total. The van der Waals surface area contributed by atoms with Gasteiger partial charge in [0.2, 0.25) is 9.84 Å². The largest absolute Gasteiger partial charge is 0.359 e. The second-order valence-electron chi connectivity index (χ2n) is 6.87. The van der Waals surface area contributed by atoms with Crippen molar-refractivity contribution in [3.63, 3.8) is 0 Å². The van der Waals surface area contributed by atoms with Gasteiger partial charge in [-0.2, -0.15) is 0 Å². The maximum Gasteiger partial charge on any atom is 0.206 e. The van der Waals surface area contributed by atoms with Crippen LogP contribution in [-0.4, -0.2) is 24.3 Å². The number of halogens is 1. The lowest BCUT2D eigenvalue weighted by Crippen LogP contribution is -2.21. The van der Waals surface area contributed by atoms with Crippen molar-refractivity contribution in [3.8, 4) is 0 Å². The third-order valence-electron chi connectivity index (χ3n) is 3.96. The topological polar surface area (TPSA) is 64.0 Å². The first-order valence-electron chi connectivity index (χ1n) is 7.61. The van der Waals surface area contributed by atoms with Crippen molar-refractivity contribution in [1.82, 2.24) is 14.9 Å². The van der Waals surface area contributed by atoms with Crippen LogP contribution in [0.3, 0.4) is 0 Å². The average molecular weight is 349 g/mol. The number of nitrogens with one attached hydrogen (secondary N) is 1. The van der Waals surface area contributed by atoms with Gasteiger partial charge in [-0.05, 0) is 30.4 Å². The highest BCUT2D eigenvalue weighted by atomic mass is 32.2. The molecule has 1 aliphatic rings. The summed E-state index contributed by atoms with van der Waals surface area (Å²) in [5.41, 5.74) is 1.31. The molecule has 1 aromatic heterocycles. The number of hydrogen-bond donors (Lipinski definition) is 1. The Morgan fingerprint density at radius 1 is 1.29 bits per heavy atom. The van der Waals surface area contributed by atoms with Crippen molar-refractivity contribution < 1.29 is 12.8 Å². The van der Waals surface area contributed by atoms with Gasteiger partial charge in [-0.25, -0.2) is 17.8 Å². The molecule has 24 heavy (non-hydrogen) atoms. The molecule has 0 spiro atoms. The molecule has 0 aliphatic carbocycles.